The Morgan fingerprint density at radius 1 is 1.38 bits per heavy atom. The number of aromatic nitrogens is 1. The number of nitro groups is 1. The van der Waals surface area contributed by atoms with Crippen LogP contribution in [0.15, 0.2) is 48.8 Å². The van der Waals surface area contributed by atoms with Crippen LogP contribution in [0.1, 0.15) is 11.6 Å². The number of amides is 1. The first-order chi connectivity index (χ1) is 12.1. The Bertz CT molecular complexity index is 759. The number of non-ortho nitro benzene ring substituents is 1. The molecular weight excluding hydrogens is 360 g/mol. The van der Waals surface area contributed by atoms with Gasteiger partial charge in [0.2, 0.25) is 0 Å². The van der Waals surface area contributed by atoms with Crippen LogP contribution in [0.25, 0.3) is 0 Å². The van der Waals surface area contributed by atoms with Crippen molar-refractivity contribution in [1.29, 1.82) is 0 Å². The monoisotopic (exact) mass is 378 g/mol. The molecule has 3 rings (SSSR count). The standard InChI is InChI=1S/C17H18N4O4.ClH/c22-17(12-25-15-5-1-4-14(9-15)21(23)24)20-8-7-19-11-16(20)13-3-2-6-18-10-13;/h1-6,9-10,16,19H,7-8,11-12H2;1H. The molecule has 0 aliphatic carbocycles. The predicted octanol–water partition coefficient (Wildman–Crippen LogP) is 1.96. The van der Waals surface area contributed by atoms with Gasteiger partial charge in [0.05, 0.1) is 17.0 Å². The minimum absolute atomic E-state index is 0. The molecule has 1 saturated heterocycles. The molecule has 1 aliphatic heterocycles. The van der Waals surface area contributed by atoms with E-state index in [1.165, 1.54) is 18.2 Å². The highest BCUT2D eigenvalue weighted by Crippen LogP contribution is 2.23. The topological polar surface area (TPSA) is 97.6 Å². The van der Waals surface area contributed by atoms with E-state index in [0.717, 1.165) is 5.56 Å². The molecule has 0 saturated carbocycles. The zero-order valence-corrected chi connectivity index (χ0v) is 14.7. The molecule has 1 amide bonds. The van der Waals surface area contributed by atoms with Gasteiger partial charge in [-0.1, -0.05) is 12.1 Å². The number of halogens is 1. The van der Waals surface area contributed by atoms with Crippen molar-refractivity contribution < 1.29 is 14.5 Å². The second kappa shape index (κ2) is 9.12. The van der Waals surface area contributed by atoms with Crippen molar-refractivity contribution in [2.45, 2.75) is 6.04 Å². The number of piperazine rings is 1. The van der Waals surface area contributed by atoms with E-state index >= 15 is 0 Å². The van der Waals surface area contributed by atoms with Gasteiger partial charge >= 0.3 is 0 Å². The average molecular weight is 379 g/mol. The van der Waals surface area contributed by atoms with Crippen molar-refractivity contribution in [2.24, 2.45) is 0 Å². The van der Waals surface area contributed by atoms with E-state index in [-0.39, 0.29) is 36.7 Å². The molecule has 1 atom stereocenters. The SMILES string of the molecule is Cl.O=C(COc1cccc([N+](=O)[O-])c1)N1CCNCC1c1cccnc1. The fourth-order valence-corrected chi connectivity index (χ4v) is 2.79. The Morgan fingerprint density at radius 3 is 2.96 bits per heavy atom. The van der Waals surface area contributed by atoms with Gasteiger partial charge in [0.25, 0.3) is 11.6 Å². The molecule has 9 heteroatoms. The Balaban J connectivity index is 0.00000243. The lowest BCUT2D eigenvalue weighted by Gasteiger charge is -2.36. The van der Waals surface area contributed by atoms with Crippen molar-refractivity contribution in [2.75, 3.05) is 26.2 Å². The second-order valence-corrected chi connectivity index (χ2v) is 5.64. The number of ether oxygens (including phenoxy) is 1. The molecule has 0 bridgehead atoms. The number of rotatable bonds is 5. The summed E-state index contributed by atoms with van der Waals surface area (Å²) in [6.07, 6.45) is 3.44. The third kappa shape index (κ3) is 4.68. The molecule has 26 heavy (non-hydrogen) atoms. The lowest BCUT2D eigenvalue weighted by atomic mass is 10.1. The summed E-state index contributed by atoms with van der Waals surface area (Å²) in [6, 6.07) is 9.48. The largest absolute Gasteiger partial charge is 0.484 e. The summed E-state index contributed by atoms with van der Waals surface area (Å²) in [6.45, 7) is 1.75. The van der Waals surface area contributed by atoms with Crippen LogP contribution in [0.4, 0.5) is 5.69 Å². The van der Waals surface area contributed by atoms with Gasteiger partial charge < -0.3 is 15.0 Å². The summed E-state index contributed by atoms with van der Waals surface area (Å²) < 4.78 is 5.46. The van der Waals surface area contributed by atoms with Crippen LogP contribution >= 0.6 is 12.4 Å². The molecular formula is C17H19ClN4O4. The summed E-state index contributed by atoms with van der Waals surface area (Å²) in [5.74, 6) is 0.137. The van der Waals surface area contributed by atoms with Gasteiger partial charge in [-0.05, 0) is 17.7 Å². The van der Waals surface area contributed by atoms with Gasteiger partial charge in [-0.25, -0.2) is 0 Å². The van der Waals surface area contributed by atoms with Crippen LogP contribution in [0.2, 0.25) is 0 Å². The average Bonchev–Trinajstić information content (AvgIpc) is 2.67. The van der Waals surface area contributed by atoms with Gasteiger partial charge in [-0.2, -0.15) is 0 Å². The third-order valence-corrected chi connectivity index (χ3v) is 4.02. The van der Waals surface area contributed by atoms with Crippen LogP contribution in [-0.2, 0) is 4.79 Å². The first-order valence-corrected chi connectivity index (χ1v) is 7.92. The van der Waals surface area contributed by atoms with Crippen LogP contribution in [0.5, 0.6) is 5.75 Å². The van der Waals surface area contributed by atoms with Crippen LogP contribution < -0.4 is 10.1 Å². The Labute approximate surface area is 156 Å². The maximum atomic E-state index is 12.6. The third-order valence-electron chi connectivity index (χ3n) is 4.02. The number of hydrogen-bond acceptors (Lipinski definition) is 6. The molecule has 2 heterocycles. The van der Waals surface area contributed by atoms with Crippen LogP contribution in [0.3, 0.4) is 0 Å². The lowest BCUT2D eigenvalue weighted by Crippen LogP contribution is -2.50. The van der Waals surface area contributed by atoms with Gasteiger partial charge in [-0.3, -0.25) is 19.9 Å². The highest BCUT2D eigenvalue weighted by Gasteiger charge is 2.28. The highest BCUT2D eigenvalue weighted by atomic mass is 35.5. The highest BCUT2D eigenvalue weighted by molar-refractivity contribution is 5.85. The number of pyridine rings is 1. The number of hydrogen-bond donors (Lipinski definition) is 1. The van der Waals surface area contributed by atoms with Gasteiger partial charge in [0.1, 0.15) is 5.75 Å². The second-order valence-electron chi connectivity index (χ2n) is 5.64. The van der Waals surface area contributed by atoms with E-state index in [4.69, 9.17) is 4.74 Å². The maximum absolute atomic E-state index is 12.6. The van der Waals surface area contributed by atoms with E-state index in [1.54, 1.807) is 23.4 Å². The number of nitrogens with zero attached hydrogens (tertiary/aromatic N) is 3. The maximum Gasteiger partial charge on any atom is 0.273 e. The summed E-state index contributed by atoms with van der Waals surface area (Å²) in [7, 11) is 0. The summed E-state index contributed by atoms with van der Waals surface area (Å²) in [5.41, 5.74) is 0.888. The van der Waals surface area contributed by atoms with E-state index < -0.39 is 4.92 Å². The van der Waals surface area contributed by atoms with Crippen LogP contribution in [-0.4, -0.2) is 47.0 Å². The first kappa shape index (κ1) is 19.6. The zero-order valence-electron chi connectivity index (χ0n) is 13.9. The van der Waals surface area contributed by atoms with E-state index in [2.05, 4.69) is 10.3 Å². The van der Waals surface area contributed by atoms with E-state index in [0.29, 0.717) is 25.4 Å². The molecule has 1 unspecified atom stereocenters. The van der Waals surface area contributed by atoms with Gasteiger partial charge in [0.15, 0.2) is 6.61 Å². The molecule has 138 valence electrons. The van der Waals surface area contributed by atoms with E-state index in [1.807, 2.05) is 12.1 Å². The van der Waals surface area contributed by atoms with E-state index in [9.17, 15) is 14.9 Å². The van der Waals surface area contributed by atoms with Crippen molar-refractivity contribution in [3.05, 3.63) is 64.5 Å². The molecule has 1 N–H and O–H groups in total. The normalized spacial score (nSPS) is 16.5. The van der Waals surface area contributed by atoms with Crippen molar-refractivity contribution in [1.82, 2.24) is 15.2 Å². The summed E-state index contributed by atoms with van der Waals surface area (Å²) in [4.78, 5) is 28.8. The predicted molar refractivity (Wildman–Crippen MR) is 97.4 cm³/mol. The van der Waals surface area contributed by atoms with Crippen molar-refractivity contribution in [3.63, 3.8) is 0 Å². The minimum Gasteiger partial charge on any atom is -0.484 e. The van der Waals surface area contributed by atoms with Crippen molar-refractivity contribution >= 4 is 24.0 Å². The summed E-state index contributed by atoms with van der Waals surface area (Å²) >= 11 is 0. The molecule has 1 fully saturated rings. The molecule has 1 aromatic heterocycles. The molecule has 2 aromatic rings. The molecule has 1 aromatic carbocycles. The fourth-order valence-electron chi connectivity index (χ4n) is 2.79. The fraction of sp³-hybridized carbons (Fsp3) is 0.294. The minimum atomic E-state index is -0.497. The lowest BCUT2D eigenvalue weighted by molar-refractivity contribution is -0.384. The number of nitro benzene ring substituents is 1. The number of nitrogens with one attached hydrogen (secondary N) is 1. The van der Waals surface area contributed by atoms with Gasteiger partial charge in [-0.15, -0.1) is 12.4 Å². The van der Waals surface area contributed by atoms with Gasteiger partial charge in [0, 0.05) is 38.1 Å². The summed E-state index contributed by atoms with van der Waals surface area (Å²) in [5, 5.41) is 14.1. The quantitative estimate of drug-likeness (QED) is 0.631. The molecule has 1 aliphatic rings. The van der Waals surface area contributed by atoms with Crippen LogP contribution in [0, 0.1) is 10.1 Å². The smallest absolute Gasteiger partial charge is 0.273 e. The first-order valence-electron chi connectivity index (χ1n) is 7.92. The number of benzene rings is 1. The Kier molecular flexibility index (Phi) is 6.88. The Morgan fingerprint density at radius 2 is 2.23 bits per heavy atom. The number of carbonyl (C=O) groups is 1. The molecule has 0 spiro atoms. The molecule has 8 nitrogen and oxygen atoms in total. The zero-order chi connectivity index (χ0) is 17.6. The number of carbonyl (C=O) groups excluding carboxylic acids is 1. The van der Waals surface area contributed by atoms with Crippen molar-refractivity contribution in [3.8, 4) is 5.75 Å². The Hall–Kier alpha value is -2.71. The molecule has 0 radical (unpaired) electrons.